The van der Waals surface area contributed by atoms with Crippen molar-refractivity contribution in [3.05, 3.63) is 59.2 Å². The predicted octanol–water partition coefficient (Wildman–Crippen LogP) is 3.61. The summed E-state index contributed by atoms with van der Waals surface area (Å²) in [7, 11) is 1.68. The number of hydrazine groups is 1. The van der Waals surface area contributed by atoms with Crippen LogP contribution < -0.4 is 16.0 Å². The molecule has 3 N–H and O–H groups in total. The van der Waals surface area contributed by atoms with Gasteiger partial charge in [-0.2, -0.15) is 0 Å². The summed E-state index contributed by atoms with van der Waals surface area (Å²) >= 11 is 1.80. The molecule has 2 aromatic carbocycles. The van der Waals surface area contributed by atoms with E-state index >= 15 is 0 Å². The highest BCUT2D eigenvalue weighted by atomic mass is 32.2. The molecule has 4 heteroatoms. The van der Waals surface area contributed by atoms with Crippen molar-refractivity contribution in [2.75, 3.05) is 12.9 Å². The molecule has 3 nitrogen and oxygen atoms in total. The summed E-state index contributed by atoms with van der Waals surface area (Å²) in [6.07, 6.45) is 0. The van der Waals surface area contributed by atoms with Crippen molar-refractivity contribution in [3.8, 4) is 5.75 Å². The normalized spacial score (nSPS) is 12.2. The average Bonchev–Trinajstić information content (AvgIpc) is 2.50. The van der Waals surface area contributed by atoms with Gasteiger partial charge in [-0.15, -0.1) is 11.8 Å². The van der Waals surface area contributed by atoms with Crippen LogP contribution in [0.1, 0.15) is 22.7 Å². The van der Waals surface area contributed by atoms with Gasteiger partial charge in [0.15, 0.2) is 0 Å². The van der Waals surface area contributed by atoms with Gasteiger partial charge in [-0.1, -0.05) is 23.8 Å². The zero-order valence-electron chi connectivity index (χ0n) is 12.7. The first kappa shape index (κ1) is 15.9. The first-order valence-corrected chi connectivity index (χ1v) is 7.92. The fraction of sp³-hybridized carbons (Fsp3) is 0.294. The van der Waals surface area contributed by atoms with E-state index in [1.54, 1.807) is 18.9 Å². The highest BCUT2D eigenvalue weighted by molar-refractivity contribution is 7.99. The van der Waals surface area contributed by atoms with Gasteiger partial charge >= 0.3 is 0 Å². The van der Waals surface area contributed by atoms with Crippen molar-refractivity contribution in [3.63, 3.8) is 0 Å². The van der Waals surface area contributed by atoms with E-state index in [4.69, 9.17) is 10.6 Å². The molecule has 112 valence electrons. The Morgan fingerprint density at radius 3 is 2.43 bits per heavy atom. The van der Waals surface area contributed by atoms with E-state index in [-0.39, 0.29) is 6.04 Å². The fourth-order valence-corrected chi connectivity index (χ4v) is 3.17. The van der Waals surface area contributed by atoms with Crippen molar-refractivity contribution < 1.29 is 4.74 Å². The molecule has 0 saturated carbocycles. The van der Waals surface area contributed by atoms with E-state index in [0.29, 0.717) is 0 Å². The lowest BCUT2D eigenvalue weighted by Gasteiger charge is -2.19. The number of nitrogens with one attached hydrogen (secondary N) is 1. The Morgan fingerprint density at radius 1 is 1.14 bits per heavy atom. The second kappa shape index (κ2) is 7.50. The van der Waals surface area contributed by atoms with Gasteiger partial charge in [0.25, 0.3) is 0 Å². The number of rotatable bonds is 6. The van der Waals surface area contributed by atoms with E-state index < -0.39 is 0 Å². The number of ether oxygens (including phenoxy) is 1. The average molecular weight is 302 g/mol. The third-order valence-corrected chi connectivity index (χ3v) is 4.60. The Bertz CT molecular complexity index is 584. The lowest BCUT2D eigenvalue weighted by molar-refractivity contribution is 0.414. The maximum Gasteiger partial charge on any atom is 0.119 e. The molecule has 0 fully saturated rings. The van der Waals surface area contributed by atoms with E-state index in [1.807, 2.05) is 12.1 Å². The summed E-state index contributed by atoms with van der Waals surface area (Å²) in [6, 6.07) is 14.8. The molecular formula is C17H22N2OS. The molecule has 0 spiro atoms. The van der Waals surface area contributed by atoms with Crippen LogP contribution in [0.15, 0.2) is 47.4 Å². The number of benzene rings is 2. The van der Waals surface area contributed by atoms with Gasteiger partial charge in [0.05, 0.1) is 13.2 Å². The lowest BCUT2D eigenvalue weighted by atomic mass is 10.0. The summed E-state index contributed by atoms with van der Waals surface area (Å²) in [6.45, 7) is 4.18. The molecule has 0 aliphatic rings. The van der Waals surface area contributed by atoms with E-state index in [9.17, 15) is 0 Å². The lowest BCUT2D eigenvalue weighted by Crippen LogP contribution is -2.30. The molecule has 1 unspecified atom stereocenters. The molecule has 0 aliphatic carbocycles. The third-order valence-electron chi connectivity index (χ3n) is 3.49. The molecule has 0 radical (unpaired) electrons. The smallest absolute Gasteiger partial charge is 0.119 e. The second-order valence-electron chi connectivity index (χ2n) is 5.07. The fourth-order valence-electron chi connectivity index (χ4n) is 2.21. The Kier molecular flexibility index (Phi) is 5.67. The summed E-state index contributed by atoms with van der Waals surface area (Å²) in [5.41, 5.74) is 6.58. The second-order valence-corrected chi connectivity index (χ2v) is 6.16. The van der Waals surface area contributed by atoms with Crippen LogP contribution in [-0.2, 0) is 0 Å². The number of hydrogen-bond acceptors (Lipinski definition) is 4. The topological polar surface area (TPSA) is 47.3 Å². The highest BCUT2D eigenvalue weighted by Gasteiger charge is 2.13. The van der Waals surface area contributed by atoms with Crippen molar-refractivity contribution in [2.24, 2.45) is 5.84 Å². The molecular weight excluding hydrogens is 280 g/mol. The van der Waals surface area contributed by atoms with E-state index in [0.717, 1.165) is 11.5 Å². The monoisotopic (exact) mass is 302 g/mol. The van der Waals surface area contributed by atoms with Gasteiger partial charge in [-0.25, -0.2) is 0 Å². The molecule has 0 amide bonds. The summed E-state index contributed by atoms with van der Waals surface area (Å²) < 4.78 is 5.25. The molecule has 0 saturated heterocycles. The predicted molar refractivity (Wildman–Crippen MR) is 89.7 cm³/mol. The van der Waals surface area contributed by atoms with Crippen molar-refractivity contribution in [1.82, 2.24) is 5.43 Å². The van der Waals surface area contributed by atoms with Crippen LogP contribution >= 0.6 is 11.8 Å². The van der Waals surface area contributed by atoms with Gasteiger partial charge in [0.1, 0.15) is 5.75 Å². The minimum atomic E-state index is 0.113. The van der Waals surface area contributed by atoms with Crippen LogP contribution in [-0.4, -0.2) is 12.9 Å². The van der Waals surface area contributed by atoms with Crippen molar-refractivity contribution >= 4 is 11.8 Å². The molecule has 2 rings (SSSR count). The number of nitrogens with two attached hydrogens (primary N) is 1. The van der Waals surface area contributed by atoms with Crippen LogP contribution in [0.3, 0.4) is 0 Å². The van der Waals surface area contributed by atoms with E-state index in [2.05, 4.69) is 49.6 Å². The molecule has 1 atom stereocenters. The Hall–Kier alpha value is -1.49. The Morgan fingerprint density at radius 2 is 1.86 bits per heavy atom. The maximum absolute atomic E-state index is 5.74. The zero-order chi connectivity index (χ0) is 15.2. The largest absolute Gasteiger partial charge is 0.497 e. The first-order chi connectivity index (χ1) is 10.1. The van der Waals surface area contributed by atoms with Crippen molar-refractivity contribution in [1.29, 1.82) is 0 Å². The van der Waals surface area contributed by atoms with Crippen LogP contribution in [0, 0.1) is 13.8 Å². The number of hydrogen-bond donors (Lipinski definition) is 2. The van der Waals surface area contributed by atoms with Gasteiger partial charge in [0, 0.05) is 10.6 Å². The molecule has 0 aromatic heterocycles. The molecule has 21 heavy (non-hydrogen) atoms. The van der Waals surface area contributed by atoms with Crippen LogP contribution in [0.25, 0.3) is 0 Å². The summed E-state index contributed by atoms with van der Waals surface area (Å²) in [4.78, 5) is 1.26. The summed E-state index contributed by atoms with van der Waals surface area (Å²) in [5.74, 6) is 7.49. The SMILES string of the molecule is COc1ccc(C(CSc2ccc(C)cc2)NN)c(C)c1. The van der Waals surface area contributed by atoms with Gasteiger partial charge in [-0.3, -0.25) is 11.3 Å². The number of methoxy groups -OCH3 is 1. The third kappa shape index (κ3) is 4.24. The van der Waals surface area contributed by atoms with Crippen LogP contribution in [0.2, 0.25) is 0 Å². The molecule has 0 bridgehead atoms. The maximum atomic E-state index is 5.74. The van der Waals surface area contributed by atoms with Crippen LogP contribution in [0.5, 0.6) is 5.75 Å². The summed E-state index contributed by atoms with van der Waals surface area (Å²) in [5, 5.41) is 0. The molecule has 2 aromatic rings. The number of thioether (sulfide) groups is 1. The van der Waals surface area contributed by atoms with E-state index in [1.165, 1.54) is 21.6 Å². The van der Waals surface area contributed by atoms with Crippen molar-refractivity contribution in [2.45, 2.75) is 24.8 Å². The first-order valence-electron chi connectivity index (χ1n) is 6.94. The van der Waals surface area contributed by atoms with Gasteiger partial charge in [-0.05, 0) is 49.2 Å². The minimum Gasteiger partial charge on any atom is -0.497 e. The number of aryl methyl sites for hydroxylation is 2. The van der Waals surface area contributed by atoms with Gasteiger partial charge < -0.3 is 4.74 Å². The van der Waals surface area contributed by atoms with Gasteiger partial charge in [0.2, 0.25) is 0 Å². The standard InChI is InChI=1S/C17H22N2OS/c1-12-4-7-15(8-5-12)21-11-17(19-18)16-9-6-14(20-3)10-13(16)2/h4-10,17,19H,11,18H2,1-3H3. The Balaban J connectivity index is 2.07. The zero-order valence-corrected chi connectivity index (χ0v) is 13.5. The molecule has 0 heterocycles. The minimum absolute atomic E-state index is 0.113. The quantitative estimate of drug-likeness (QED) is 0.486. The Labute approximate surface area is 130 Å². The van der Waals surface area contributed by atoms with Crippen LogP contribution in [0.4, 0.5) is 0 Å². The highest BCUT2D eigenvalue weighted by Crippen LogP contribution is 2.28. The molecule has 0 aliphatic heterocycles.